The highest BCUT2D eigenvalue weighted by Crippen LogP contribution is 2.20. The van der Waals surface area contributed by atoms with Crippen LogP contribution >= 0.6 is 11.3 Å². The molecule has 0 aliphatic heterocycles. The lowest BCUT2D eigenvalue weighted by molar-refractivity contribution is 0.177. The minimum Gasteiger partial charge on any atom is -0.388 e. The molecule has 1 N–H and O–H groups in total. The van der Waals surface area contributed by atoms with Crippen LogP contribution in [0.5, 0.6) is 0 Å². The van der Waals surface area contributed by atoms with Crippen LogP contribution in [-0.2, 0) is 6.42 Å². The number of nitrogens with zero attached hydrogens (tertiary/aromatic N) is 1. The first kappa shape index (κ1) is 11.3. The van der Waals surface area contributed by atoms with Gasteiger partial charge in [0.05, 0.1) is 16.8 Å². The van der Waals surface area contributed by atoms with Crippen molar-refractivity contribution in [3.8, 4) is 0 Å². The van der Waals surface area contributed by atoms with Crippen LogP contribution in [0.3, 0.4) is 0 Å². The zero-order valence-corrected chi connectivity index (χ0v) is 10.3. The molecule has 84 valence electrons. The first-order valence-corrected chi connectivity index (χ1v) is 6.19. The highest BCUT2D eigenvalue weighted by atomic mass is 32.1. The average molecular weight is 233 g/mol. The van der Waals surface area contributed by atoms with Crippen molar-refractivity contribution in [2.45, 2.75) is 26.4 Å². The predicted octanol–water partition coefficient (Wildman–Crippen LogP) is 3.04. The Hall–Kier alpha value is -1.19. The summed E-state index contributed by atoms with van der Waals surface area (Å²) in [6.45, 7) is 4.01. The lowest BCUT2D eigenvalue weighted by atomic mass is 10.0. The van der Waals surface area contributed by atoms with E-state index in [1.165, 1.54) is 5.56 Å². The Labute approximate surface area is 99.6 Å². The third-order valence-corrected chi connectivity index (χ3v) is 3.32. The van der Waals surface area contributed by atoms with Crippen molar-refractivity contribution in [2.24, 2.45) is 0 Å². The van der Waals surface area contributed by atoms with Gasteiger partial charge in [0.2, 0.25) is 0 Å². The molecular weight excluding hydrogens is 218 g/mol. The lowest BCUT2D eigenvalue weighted by Gasteiger charge is -2.09. The maximum atomic E-state index is 10.1. The number of aliphatic hydroxyl groups excluding tert-OH is 1. The minimum absolute atomic E-state index is 0.457. The van der Waals surface area contributed by atoms with Crippen molar-refractivity contribution >= 4 is 11.3 Å². The fourth-order valence-electron chi connectivity index (χ4n) is 1.70. The quantitative estimate of drug-likeness (QED) is 0.884. The summed E-state index contributed by atoms with van der Waals surface area (Å²) in [6.07, 6.45) is 0.134. The molecular formula is C13H15NOS. The van der Waals surface area contributed by atoms with Gasteiger partial charge >= 0.3 is 0 Å². The number of hydrogen-bond donors (Lipinski definition) is 1. The van der Waals surface area contributed by atoms with E-state index in [4.69, 9.17) is 0 Å². The van der Waals surface area contributed by atoms with Gasteiger partial charge in [0.1, 0.15) is 0 Å². The fourth-order valence-corrected chi connectivity index (χ4v) is 2.32. The van der Waals surface area contributed by atoms with Crippen molar-refractivity contribution in [1.82, 2.24) is 4.98 Å². The SMILES string of the molecule is Cc1cccc(C(O)Cc2csc(C)n2)c1. The van der Waals surface area contributed by atoms with Crippen molar-refractivity contribution in [1.29, 1.82) is 0 Å². The standard InChI is InChI=1S/C13H15NOS/c1-9-4-3-5-11(6-9)13(15)7-12-8-16-10(2)14-12/h3-6,8,13,15H,7H2,1-2H3. The van der Waals surface area contributed by atoms with Crippen molar-refractivity contribution < 1.29 is 5.11 Å². The van der Waals surface area contributed by atoms with E-state index in [2.05, 4.69) is 4.98 Å². The fraction of sp³-hybridized carbons (Fsp3) is 0.308. The second-order valence-corrected chi connectivity index (χ2v) is 5.05. The van der Waals surface area contributed by atoms with Gasteiger partial charge in [-0.3, -0.25) is 0 Å². The van der Waals surface area contributed by atoms with Gasteiger partial charge in [-0.25, -0.2) is 4.98 Å². The summed E-state index contributed by atoms with van der Waals surface area (Å²) in [6, 6.07) is 7.98. The van der Waals surface area contributed by atoms with Crippen LogP contribution in [0.15, 0.2) is 29.6 Å². The maximum absolute atomic E-state index is 10.1. The number of benzene rings is 1. The van der Waals surface area contributed by atoms with Crippen LogP contribution in [0, 0.1) is 13.8 Å². The summed E-state index contributed by atoms with van der Waals surface area (Å²) in [5.74, 6) is 0. The van der Waals surface area contributed by atoms with E-state index in [1.807, 2.05) is 43.5 Å². The highest BCUT2D eigenvalue weighted by Gasteiger charge is 2.10. The summed E-state index contributed by atoms with van der Waals surface area (Å²) in [7, 11) is 0. The largest absolute Gasteiger partial charge is 0.388 e. The van der Waals surface area contributed by atoms with E-state index < -0.39 is 6.10 Å². The molecule has 0 fully saturated rings. The molecule has 1 unspecified atom stereocenters. The van der Waals surface area contributed by atoms with E-state index in [9.17, 15) is 5.11 Å². The normalized spacial score (nSPS) is 12.7. The molecule has 1 heterocycles. The molecule has 2 aromatic rings. The van der Waals surface area contributed by atoms with Crippen LogP contribution in [-0.4, -0.2) is 10.1 Å². The van der Waals surface area contributed by atoms with E-state index >= 15 is 0 Å². The summed E-state index contributed by atoms with van der Waals surface area (Å²) in [5.41, 5.74) is 3.10. The Bertz CT molecular complexity index is 478. The van der Waals surface area contributed by atoms with E-state index in [-0.39, 0.29) is 0 Å². The Balaban J connectivity index is 2.11. The Morgan fingerprint density at radius 1 is 1.38 bits per heavy atom. The third-order valence-electron chi connectivity index (χ3n) is 2.50. The summed E-state index contributed by atoms with van der Waals surface area (Å²) >= 11 is 1.62. The number of aryl methyl sites for hydroxylation is 2. The van der Waals surface area contributed by atoms with Gasteiger partial charge in [-0.1, -0.05) is 29.8 Å². The van der Waals surface area contributed by atoms with Gasteiger partial charge < -0.3 is 5.11 Å². The summed E-state index contributed by atoms with van der Waals surface area (Å²) in [5, 5.41) is 13.1. The molecule has 16 heavy (non-hydrogen) atoms. The van der Waals surface area contributed by atoms with Crippen LogP contribution in [0.4, 0.5) is 0 Å². The molecule has 2 rings (SSSR count). The zero-order valence-electron chi connectivity index (χ0n) is 9.47. The van der Waals surface area contributed by atoms with E-state index in [0.29, 0.717) is 6.42 Å². The molecule has 2 nitrogen and oxygen atoms in total. The second kappa shape index (κ2) is 4.76. The van der Waals surface area contributed by atoms with E-state index in [0.717, 1.165) is 16.3 Å². The first-order valence-electron chi connectivity index (χ1n) is 5.31. The minimum atomic E-state index is -0.457. The molecule has 0 saturated carbocycles. The monoisotopic (exact) mass is 233 g/mol. The smallest absolute Gasteiger partial charge is 0.0897 e. The molecule has 0 aliphatic carbocycles. The first-order chi connectivity index (χ1) is 7.65. The number of rotatable bonds is 3. The van der Waals surface area contributed by atoms with Crippen LogP contribution in [0.2, 0.25) is 0 Å². The molecule has 3 heteroatoms. The van der Waals surface area contributed by atoms with Crippen LogP contribution in [0.25, 0.3) is 0 Å². The molecule has 0 saturated heterocycles. The van der Waals surface area contributed by atoms with Crippen molar-refractivity contribution in [2.75, 3.05) is 0 Å². The molecule has 1 aromatic heterocycles. The summed E-state index contributed by atoms with van der Waals surface area (Å²) in [4.78, 5) is 4.36. The van der Waals surface area contributed by atoms with E-state index in [1.54, 1.807) is 11.3 Å². The predicted molar refractivity (Wildman–Crippen MR) is 66.7 cm³/mol. The van der Waals surface area contributed by atoms with Crippen LogP contribution in [0.1, 0.15) is 27.9 Å². The molecule has 0 amide bonds. The van der Waals surface area contributed by atoms with Crippen LogP contribution < -0.4 is 0 Å². The Morgan fingerprint density at radius 3 is 2.81 bits per heavy atom. The van der Waals surface area contributed by atoms with Crippen molar-refractivity contribution in [3.05, 3.63) is 51.5 Å². The summed E-state index contributed by atoms with van der Waals surface area (Å²) < 4.78 is 0. The zero-order chi connectivity index (χ0) is 11.5. The van der Waals surface area contributed by atoms with Gasteiger partial charge in [-0.15, -0.1) is 11.3 Å². The second-order valence-electron chi connectivity index (χ2n) is 3.99. The number of thiazole rings is 1. The Morgan fingerprint density at radius 2 is 2.19 bits per heavy atom. The molecule has 0 bridgehead atoms. The van der Waals surface area contributed by atoms with Gasteiger partial charge in [0.25, 0.3) is 0 Å². The highest BCUT2D eigenvalue weighted by molar-refractivity contribution is 7.09. The third kappa shape index (κ3) is 2.68. The topological polar surface area (TPSA) is 33.1 Å². The Kier molecular flexibility index (Phi) is 3.36. The number of aromatic nitrogens is 1. The van der Waals surface area contributed by atoms with Gasteiger partial charge in [-0.2, -0.15) is 0 Å². The average Bonchev–Trinajstić information content (AvgIpc) is 2.64. The molecule has 1 aromatic carbocycles. The molecule has 1 atom stereocenters. The maximum Gasteiger partial charge on any atom is 0.0897 e. The molecule has 0 radical (unpaired) electrons. The lowest BCUT2D eigenvalue weighted by Crippen LogP contribution is -2.02. The van der Waals surface area contributed by atoms with Crippen molar-refractivity contribution in [3.63, 3.8) is 0 Å². The van der Waals surface area contributed by atoms with Gasteiger partial charge in [0, 0.05) is 11.8 Å². The van der Waals surface area contributed by atoms with Gasteiger partial charge in [0.15, 0.2) is 0 Å². The number of aliphatic hydroxyl groups is 1. The molecule has 0 aliphatic rings. The van der Waals surface area contributed by atoms with Gasteiger partial charge in [-0.05, 0) is 19.4 Å². The molecule has 0 spiro atoms. The number of hydrogen-bond acceptors (Lipinski definition) is 3.